The van der Waals surface area contributed by atoms with Crippen LogP contribution in [0.3, 0.4) is 0 Å². The van der Waals surface area contributed by atoms with Gasteiger partial charge in [0, 0.05) is 28.5 Å². The number of H-pyrrole nitrogens is 1. The minimum Gasteiger partial charge on any atom is -0.361 e. The Morgan fingerprint density at radius 1 is 1.40 bits per heavy atom. The number of rotatable bonds is 4. The van der Waals surface area contributed by atoms with Crippen molar-refractivity contribution < 1.29 is 4.79 Å². The van der Waals surface area contributed by atoms with Crippen LogP contribution >= 0.6 is 11.3 Å². The van der Waals surface area contributed by atoms with Crippen LogP contribution in [0.25, 0.3) is 10.9 Å². The van der Waals surface area contributed by atoms with Crippen molar-refractivity contribution in [3.63, 3.8) is 0 Å². The zero-order chi connectivity index (χ0) is 17.2. The Hall–Kier alpha value is -2.34. The van der Waals surface area contributed by atoms with Crippen LogP contribution in [-0.2, 0) is 19.3 Å². The van der Waals surface area contributed by atoms with Gasteiger partial charge in [0.1, 0.15) is 0 Å². The molecule has 0 radical (unpaired) electrons. The predicted octanol–water partition coefficient (Wildman–Crippen LogP) is 4.11. The van der Waals surface area contributed by atoms with Crippen LogP contribution in [-0.4, -0.2) is 22.5 Å². The Kier molecular flexibility index (Phi) is 4.44. The summed E-state index contributed by atoms with van der Waals surface area (Å²) in [5.74, 6) is 0.714. The van der Waals surface area contributed by atoms with Gasteiger partial charge in [0.15, 0.2) is 5.13 Å². The number of nitrogens with zero attached hydrogens (tertiary/aromatic N) is 1. The third-order valence-corrected chi connectivity index (χ3v) is 5.80. The van der Waals surface area contributed by atoms with Crippen LogP contribution in [0.1, 0.15) is 29.5 Å². The summed E-state index contributed by atoms with van der Waals surface area (Å²) in [6.45, 7) is 2.86. The first-order chi connectivity index (χ1) is 12.2. The minimum atomic E-state index is -0.181. The van der Waals surface area contributed by atoms with Gasteiger partial charge in [0.25, 0.3) is 0 Å². The molecule has 0 saturated heterocycles. The van der Waals surface area contributed by atoms with Crippen LogP contribution in [0.4, 0.5) is 9.93 Å². The highest BCUT2D eigenvalue weighted by atomic mass is 32.1. The lowest BCUT2D eigenvalue weighted by Crippen LogP contribution is -2.30. The van der Waals surface area contributed by atoms with Crippen molar-refractivity contribution in [1.82, 2.24) is 15.3 Å². The van der Waals surface area contributed by atoms with Gasteiger partial charge in [0.2, 0.25) is 0 Å². The SMILES string of the molecule is C[C@@H]1CCc2nc(NC(=O)NCCc3c[nH]c4ccccc34)sc2C1. The highest BCUT2D eigenvalue weighted by Crippen LogP contribution is 2.32. The number of nitrogens with one attached hydrogen (secondary N) is 3. The molecule has 3 N–H and O–H groups in total. The van der Waals surface area contributed by atoms with Gasteiger partial charge >= 0.3 is 6.03 Å². The maximum atomic E-state index is 12.1. The molecule has 1 aliphatic carbocycles. The van der Waals surface area contributed by atoms with Crippen molar-refractivity contribution in [1.29, 1.82) is 0 Å². The zero-order valence-corrected chi connectivity index (χ0v) is 15.1. The maximum Gasteiger partial charge on any atom is 0.321 e. The number of anilines is 1. The highest BCUT2D eigenvalue weighted by molar-refractivity contribution is 7.15. The van der Waals surface area contributed by atoms with E-state index in [1.54, 1.807) is 11.3 Å². The molecule has 1 aliphatic rings. The number of fused-ring (bicyclic) bond motifs is 2. The van der Waals surface area contributed by atoms with Crippen LogP contribution < -0.4 is 10.6 Å². The molecule has 0 spiro atoms. The summed E-state index contributed by atoms with van der Waals surface area (Å²) in [6.07, 6.45) is 6.10. The lowest BCUT2D eigenvalue weighted by atomic mass is 9.93. The number of amides is 2. The van der Waals surface area contributed by atoms with Gasteiger partial charge in [-0.3, -0.25) is 5.32 Å². The zero-order valence-electron chi connectivity index (χ0n) is 14.3. The van der Waals surface area contributed by atoms with Crippen LogP contribution in [0.5, 0.6) is 0 Å². The molecule has 6 heteroatoms. The molecule has 0 saturated carbocycles. The van der Waals surface area contributed by atoms with E-state index in [2.05, 4.69) is 39.7 Å². The van der Waals surface area contributed by atoms with Gasteiger partial charge in [0.05, 0.1) is 5.69 Å². The summed E-state index contributed by atoms with van der Waals surface area (Å²) in [7, 11) is 0. The van der Waals surface area contributed by atoms with Crippen molar-refractivity contribution in [3.8, 4) is 0 Å². The van der Waals surface area contributed by atoms with Gasteiger partial charge in [-0.15, -0.1) is 11.3 Å². The van der Waals surface area contributed by atoms with Crippen LogP contribution in [0.2, 0.25) is 0 Å². The van der Waals surface area contributed by atoms with E-state index in [-0.39, 0.29) is 6.03 Å². The largest absolute Gasteiger partial charge is 0.361 e. The van der Waals surface area contributed by atoms with Gasteiger partial charge in [-0.25, -0.2) is 9.78 Å². The van der Waals surface area contributed by atoms with E-state index in [9.17, 15) is 4.79 Å². The predicted molar refractivity (Wildman–Crippen MR) is 102 cm³/mol. The molecule has 25 heavy (non-hydrogen) atoms. The van der Waals surface area contributed by atoms with E-state index in [1.807, 2.05) is 18.3 Å². The fraction of sp³-hybridized carbons (Fsp3) is 0.368. The molecular weight excluding hydrogens is 332 g/mol. The Morgan fingerprint density at radius 3 is 3.20 bits per heavy atom. The molecular formula is C19H22N4OS. The second-order valence-electron chi connectivity index (χ2n) is 6.73. The lowest BCUT2D eigenvalue weighted by Gasteiger charge is -2.15. The molecule has 1 aromatic carbocycles. The van der Waals surface area contributed by atoms with Crippen molar-refractivity contribution in [2.45, 2.75) is 32.6 Å². The number of hydrogen-bond acceptors (Lipinski definition) is 3. The number of benzene rings is 1. The quantitative estimate of drug-likeness (QED) is 0.660. The lowest BCUT2D eigenvalue weighted by molar-refractivity contribution is 0.252. The molecule has 0 bridgehead atoms. The van der Waals surface area contributed by atoms with Crippen molar-refractivity contribution in [2.24, 2.45) is 5.92 Å². The van der Waals surface area contributed by atoms with Gasteiger partial charge < -0.3 is 10.3 Å². The second kappa shape index (κ2) is 6.88. The highest BCUT2D eigenvalue weighted by Gasteiger charge is 2.20. The molecule has 2 amide bonds. The number of hydrogen-bond donors (Lipinski definition) is 3. The van der Waals surface area contributed by atoms with E-state index in [0.717, 1.165) is 30.5 Å². The third kappa shape index (κ3) is 3.54. The molecule has 2 aromatic heterocycles. The van der Waals surface area contributed by atoms with E-state index in [4.69, 9.17) is 0 Å². The second-order valence-corrected chi connectivity index (χ2v) is 7.81. The van der Waals surface area contributed by atoms with Crippen molar-refractivity contribution >= 4 is 33.4 Å². The first-order valence-corrected chi connectivity index (χ1v) is 9.59. The Morgan fingerprint density at radius 2 is 2.28 bits per heavy atom. The number of aromatic amines is 1. The fourth-order valence-electron chi connectivity index (χ4n) is 3.38. The summed E-state index contributed by atoms with van der Waals surface area (Å²) in [5.41, 5.74) is 3.51. The molecule has 3 aromatic rings. The molecule has 1 atom stereocenters. The molecule has 0 aliphatic heterocycles. The van der Waals surface area contributed by atoms with E-state index >= 15 is 0 Å². The summed E-state index contributed by atoms with van der Waals surface area (Å²) >= 11 is 1.61. The number of aryl methyl sites for hydroxylation is 1. The summed E-state index contributed by atoms with van der Waals surface area (Å²) in [6, 6.07) is 8.03. The number of carbonyl (C=O) groups is 1. The number of carbonyl (C=O) groups excluding carboxylic acids is 1. The smallest absolute Gasteiger partial charge is 0.321 e. The average Bonchev–Trinajstić information content (AvgIpc) is 3.18. The maximum absolute atomic E-state index is 12.1. The van der Waals surface area contributed by atoms with E-state index in [0.29, 0.717) is 17.6 Å². The minimum absolute atomic E-state index is 0.181. The third-order valence-electron chi connectivity index (χ3n) is 4.76. The van der Waals surface area contributed by atoms with E-state index in [1.165, 1.54) is 22.2 Å². The summed E-state index contributed by atoms with van der Waals surface area (Å²) in [5, 5.41) is 7.73. The molecule has 130 valence electrons. The standard InChI is InChI=1S/C19H22N4OS/c1-12-6-7-16-17(10-12)25-19(22-16)23-18(24)20-9-8-13-11-21-15-5-3-2-4-14(13)15/h2-5,11-12,21H,6-10H2,1H3,(H2,20,22,23,24)/t12-/m1/s1. The first-order valence-electron chi connectivity index (χ1n) is 8.77. The topological polar surface area (TPSA) is 69.8 Å². The molecule has 5 nitrogen and oxygen atoms in total. The Bertz CT molecular complexity index is 898. The van der Waals surface area contributed by atoms with Crippen molar-refractivity contribution in [3.05, 3.63) is 46.6 Å². The van der Waals surface area contributed by atoms with E-state index < -0.39 is 0 Å². The fourth-order valence-corrected chi connectivity index (χ4v) is 4.55. The first kappa shape index (κ1) is 16.1. The monoisotopic (exact) mass is 354 g/mol. The van der Waals surface area contributed by atoms with Gasteiger partial charge in [-0.05, 0) is 43.2 Å². The van der Waals surface area contributed by atoms with Crippen LogP contribution in [0, 0.1) is 5.92 Å². The van der Waals surface area contributed by atoms with Crippen molar-refractivity contribution in [2.75, 3.05) is 11.9 Å². The summed E-state index contributed by atoms with van der Waals surface area (Å²) < 4.78 is 0. The van der Waals surface area contributed by atoms with Gasteiger partial charge in [-0.1, -0.05) is 25.1 Å². The number of urea groups is 1. The molecule has 2 heterocycles. The van der Waals surface area contributed by atoms with Gasteiger partial charge in [-0.2, -0.15) is 0 Å². The molecule has 4 rings (SSSR count). The number of aromatic nitrogens is 2. The Balaban J connectivity index is 1.31. The Labute approximate surface area is 150 Å². The average molecular weight is 354 g/mol. The normalized spacial score (nSPS) is 16.6. The number of para-hydroxylation sites is 1. The number of thiazole rings is 1. The molecule has 0 fully saturated rings. The molecule has 0 unspecified atom stereocenters. The van der Waals surface area contributed by atoms with Crippen LogP contribution in [0.15, 0.2) is 30.5 Å². The summed E-state index contributed by atoms with van der Waals surface area (Å²) in [4.78, 5) is 21.3.